The molecule has 0 saturated carbocycles. The first-order valence-corrected chi connectivity index (χ1v) is 8.78. The zero-order valence-corrected chi connectivity index (χ0v) is 15.2. The summed E-state index contributed by atoms with van der Waals surface area (Å²) in [7, 11) is 4.80. The quantitative estimate of drug-likeness (QED) is 0.795. The fourth-order valence-electron chi connectivity index (χ4n) is 2.79. The molecule has 1 aromatic carbocycles. The highest BCUT2D eigenvalue weighted by molar-refractivity contribution is 7.99. The van der Waals surface area contributed by atoms with Gasteiger partial charge in [-0.15, -0.1) is 11.8 Å². The first-order valence-electron chi connectivity index (χ1n) is 7.73. The highest BCUT2D eigenvalue weighted by atomic mass is 32.2. The Bertz CT molecular complexity index is 562. The lowest BCUT2D eigenvalue weighted by molar-refractivity contribution is -0.132. The van der Waals surface area contributed by atoms with Crippen LogP contribution in [-0.2, 0) is 4.79 Å². The van der Waals surface area contributed by atoms with Crippen molar-refractivity contribution < 1.29 is 19.0 Å². The highest BCUT2D eigenvalue weighted by Gasteiger charge is 2.33. The number of hydrogen-bond donors (Lipinski definition) is 0. The number of methoxy groups -OCH3 is 3. The van der Waals surface area contributed by atoms with Gasteiger partial charge in [0.15, 0.2) is 11.5 Å². The predicted molar refractivity (Wildman–Crippen MR) is 92.5 cm³/mol. The molecule has 23 heavy (non-hydrogen) atoms. The number of rotatable bonds is 6. The normalized spacial score (nSPS) is 18.3. The van der Waals surface area contributed by atoms with E-state index in [-0.39, 0.29) is 11.3 Å². The van der Waals surface area contributed by atoms with E-state index in [9.17, 15) is 4.79 Å². The number of carbonyl (C=O) groups is 1. The number of nitrogens with zero attached hydrogens (tertiary/aromatic N) is 1. The molecule has 1 aliphatic rings. The standard InChI is InChI=1S/C17H25NO4S/c1-11(2)10-18-14(19)8-9-23-17(18)12-6-7-13(20-3)16(22-5)15(12)21-4/h6-7,11,17H,8-10H2,1-5H3. The third-order valence-electron chi connectivity index (χ3n) is 3.76. The van der Waals surface area contributed by atoms with Crippen LogP contribution >= 0.6 is 11.8 Å². The topological polar surface area (TPSA) is 48.0 Å². The lowest BCUT2D eigenvalue weighted by Crippen LogP contribution is -2.39. The van der Waals surface area contributed by atoms with E-state index in [1.165, 1.54) is 0 Å². The third kappa shape index (κ3) is 3.68. The van der Waals surface area contributed by atoms with E-state index in [0.29, 0.717) is 29.6 Å². The molecule has 0 aromatic heterocycles. The second-order valence-corrected chi connectivity index (χ2v) is 7.02. The molecule has 128 valence electrons. The predicted octanol–water partition coefficient (Wildman–Crippen LogP) is 3.33. The Balaban J connectivity index is 2.47. The average molecular weight is 339 g/mol. The summed E-state index contributed by atoms with van der Waals surface area (Å²) < 4.78 is 16.4. The Kier molecular flexibility index (Phi) is 6.04. The zero-order valence-electron chi connectivity index (χ0n) is 14.4. The summed E-state index contributed by atoms with van der Waals surface area (Å²) in [6.45, 7) is 4.97. The van der Waals surface area contributed by atoms with E-state index in [1.807, 2.05) is 17.0 Å². The second-order valence-electron chi connectivity index (χ2n) is 5.84. The van der Waals surface area contributed by atoms with Gasteiger partial charge >= 0.3 is 0 Å². The maximum absolute atomic E-state index is 12.4. The number of benzene rings is 1. The lowest BCUT2D eigenvalue weighted by atomic mass is 10.1. The number of thioether (sulfide) groups is 1. The van der Waals surface area contributed by atoms with Crippen LogP contribution in [0, 0.1) is 5.92 Å². The summed E-state index contributed by atoms with van der Waals surface area (Å²) in [4.78, 5) is 14.4. The fraction of sp³-hybridized carbons (Fsp3) is 0.588. The highest BCUT2D eigenvalue weighted by Crippen LogP contribution is 2.48. The van der Waals surface area contributed by atoms with Crippen molar-refractivity contribution in [2.24, 2.45) is 5.92 Å². The van der Waals surface area contributed by atoms with Gasteiger partial charge in [0, 0.05) is 24.3 Å². The van der Waals surface area contributed by atoms with E-state index in [0.717, 1.165) is 17.9 Å². The molecule has 1 saturated heterocycles. The molecule has 5 nitrogen and oxygen atoms in total. The van der Waals surface area contributed by atoms with Crippen LogP contribution in [0.2, 0.25) is 0 Å². The molecule has 0 spiro atoms. The maximum Gasteiger partial charge on any atom is 0.224 e. The Morgan fingerprint density at radius 3 is 2.43 bits per heavy atom. The summed E-state index contributed by atoms with van der Waals surface area (Å²) in [5.74, 6) is 3.24. The van der Waals surface area contributed by atoms with Crippen molar-refractivity contribution in [2.45, 2.75) is 25.6 Å². The van der Waals surface area contributed by atoms with Gasteiger partial charge in [0.2, 0.25) is 11.7 Å². The minimum absolute atomic E-state index is 0.0617. The van der Waals surface area contributed by atoms with Gasteiger partial charge in [-0.3, -0.25) is 4.79 Å². The van der Waals surface area contributed by atoms with Crippen molar-refractivity contribution in [1.29, 1.82) is 0 Å². The van der Waals surface area contributed by atoms with Gasteiger partial charge in [-0.25, -0.2) is 0 Å². The smallest absolute Gasteiger partial charge is 0.224 e. The number of ether oxygens (including phenoxy) is 3. The molecule has 0 aliphatic carbocycles. The Labute approximate surface area is 142 Å². The van der Waals surface area contributed by atoms with E-state index in [2.05, 4.69) is 13.8 Å². The van der Waals surface area contributed by atoms with Crippen LogP contribution in [-0.4, -0.2) is 44.4 Å². The summed E-state index contributed by atoms with van der Waals surface area (Å²) in [6.07, 6.45) is 0.587. The Hall–Kier alpha value is -1.56. The van der Waals surface area contributed by atoms with Gasteiger partial charge in [-0.1, -0.05) is 13.8 Å². The van der Waals surface area contributed by atoms with Crippen molar-refractivity contribution in [3.63, 3.8) is 0 Å². The molecule has 1 fully saturated rings. The van der Waals surface area contributed by atoms with Crippen LogP contribution in [0.3, 0.4) is 0 Å². The van der Waals surface area contributed by atoms with Gasteiger partial charge in [-0.2, -0.15) is 0 Å². The number of amides is 1. The van der Waals surface area contributed by atoms with Crippen LogP contribution in [0.15, 0.2) is 12.1 Å². The Morgan fingerprint density at radius 2 is 1.87 bits per heavy atom. The van der Waals surface area contributed by atoms with Crippen molar-refractivity contribution in [3.8, 4) is 17.2 Å². The second kappa shape index (κ2) is 7.81. The molecule has 6 heteroatoms. The molecular formula is C17H25NO4S. The maximum atomic E-state index is 12.4. The van der Waals surface area contributed by atoms with Crippen molar-refractivity contribution in [2.75, 3.05) is 33.6 Å². The minimum atomic E-state index is -0.0617. The van der Waals surface area contributed by atoms with Crippen LogP contribution < -0.4 is 14.2 Å². The van der Waals surface area contributed by atoms with Crippen LogP contribution in [0.25, 0.3) is 0 Å². The van der Waals surface area contributed by atoms with Gasteiger partial charge in [-0.05, 0) is 18.1 Å². The van der Waals surface area contributed by atoms with Gasteiger partial charge in [0.25, 0.3) is 0 Å². The molecule has 0 N–H and O–H groups in total. The summed E-state index contributed by atoms with van der Waals surface area (Å²) in [5.41, 5.74) is 0.948. The van der Waals surface area contributed by atoms with Crippen LogP contribution in [0.1, 0.15) is 31.2 Å². The number of carbonyl (C=O) groups excluding carboxylic acids is 1. The van der Waals surface area contributed by atoms with Gasteiger partial charge in [0.05, 0.1) is 21.3 Å². The van der Waals surface area contributed by atoms with E-state index in [4.69, 9.17) is 14.2 Å². The SMILES string of the molecule is COc1ccc(C2SCCC(=O)N2CC(C)C)c(OC)c1OC. The first kappa shape index (κ1) is 17.8. The largest absolute Gasteiger partial charge is 0.493 e. The molecule has 0 radical (unpaired) electrons. The van der Waals surface area contributed by atoms with Gasteiger partial charge < -0.3 is 19.1 Å². The van der Waals surface area contributed by atoms with Crippen molar-refractivity contribution >= 4 is 17.7 Å². The molecule has 1 amide bonds. The van der Waals surface area contributed by atoms with Crippen molar-refractivity contribution in [1.82, 2.24) is 4.90 Å². The molecule has 1 aromatic rings. The summed E-state index contributed by atoms with van der Waals surface area (Å²) in [5, 5.41) is -0.0617. The zero-order chi connectivity index (χ0) is 17.0. The van der Waals surface area contributed by atoms with E-state index in [1.54, 1.807) is 33.1 Å². The molecule has 1 heterocycles. The summed E-state index contributed by atoms with van der Waals surface area (Å²) >= 11 is 1.76. The molecule has 1 atom stereocenters. The number of hydrogen-bond acceptors (Lipinski definition) is 5. The summed E-state index contributed by atoms with van der Waals surface area (Å²) in [6, 6.07) is 3.83. The minimum Gasteiger partial charge on any atom is -0.493 e. The molecule has 1 unspecified atom stereocenters. The molecule has 2 rings (SSSR count). The fourth-order valence-corrected chi connectivity index (χ4v) is 4.05. The molecular weight excluding hydrogens is 314 g/mol. The molecule has 1 aliphatic heterocycles. The van der Waals surface area contributed by atoms with E-state index >= 15 is 0 Å². The monoisotopic (exact) mass is 339 g/mol. The first-order chi connectivity index (χ1) is 11.0. The van der Waals surface area contributed by atoms with E-state index < -0.39 is 0 Å². The van der Waals surface area contributed by atoms with Gasteiger partial charge in [0.1, 0.15) is 5.37 Å². The van der Waals surface area contributed by atoms with Crippen LogP contribution in [0.5, 0.6) is 17.2 Å². The van der Waals surface area contributed by atoms with Crippen LogP contribution in [0.4, 0.5) is 0 Å². The molecule has 0 bridgehead atoms. The average Bonchev–Trinajstić information content (AvgIpc) is 2.54. The third-order valence-corrected chi connectivity index (χ3v) is 5.02. The lowest BCUT2D eigenvalue weighted by Gasteiger charge is -2.37. The van der Waals surface area contributed by atoms with Crippen molar-refractivity contribution in [3.05, 3.63) is 17.7 Å². The Morgan fingerprint density at radius 1 is 1.17 bits per heavy atom.